The van der Waals surface area contributed by atoms with Gasteiger partial charge in [-0.1, -0.05) is 12.1 Å². The molecule has 0 atom stereocenters. The van der Waals surface area contributed by atoms with Crippen LogP contribution in [0.5, 0.6) is 0 Å². The number of hydrogen-bond donors (Lipinski definition) is 1. The van der Waals surface area contributed by atoms with E-state index < -0.39 is 15.4 Å². The van der Waals surface area contributed by atoms with Gasteiger partial charge < -0.3 is 10.2 Å². The number of nitrogens with one attached hydrogen (secondary N) is 1. The lowest BCUT2D eigenvalue weighted by Crippen LogP contribution is -2.63. The first kappa shape index (κ1) is 16.5. The van der Waals surface area contributed by atoms with E-state index in [9.17, 15) is 18.0 Å². The lowest BCUT2D eigenvalue weighted by molar-refractivity contribution is -0.148. The summed E-state index contributed by atoms with van der Waals surface area (Å²) in [6.45, 7) is 4.35. The minimum absolute atomic E-state index is 0.140. The first-order chi connectivity index (χ1) is 10.1. The highest BCUT2D eigenvalue weighted by Crippen LogP contribution is 2.19. The second-order valence-corrected chi connectivity index (χ2v) is 7.97. The van der Waals surface area contributed by atoms with Crippen LogP contribution in [0.1, 0.15) is 19.4 Å². The smallest absolute Gasteiger partial charge is 0.245 e. The van der Waals surface area contributed by atoms with Gasteiger partial charge >= 0.3 is 0 Å². The van der Waals surface area contributed by atoms with E-state index in [4.69, 9.17) is 0 Å². The van der Waals surface area contributed by atoms with E-state index in [0.717, 1.165) is 11.8 Å². The second-order valence-electron chi connectivity index (χ2n) is 5.95. The van der Waals surface area contributed by atoms with Crippen LogP contribution in [0.25, 0.3) is 0 Å². The normalized spacial score (nSPS) is 18.0. The van der Waals surface area contributed by atoms with E-state index in [1.165, 1.54) is 12.1 Å². The Bertz CT molecular complexity index is 693. The van der Waals surface area contributed by atoms with Crippen LogP contribution in [-0.4, -0.2) is 50.0 Å². The highest BCUT2D eigenvalue weighted by atomic mass is 32.2. The molecular formula is C15H20N2O4S. The van der Waals surface area contributed by atoms with Crippen molar-refractivity contribution in [3.63, 3.8) is 0 Å². The van der Waals surface area contributed by atoms with Crippen LogP contribution in [0.2, 0.25) is 0 Å². The van der Waals surface area contributed by atoms with Crippen molar-refractivity contribution in [2.75, 3.05) is 19.3 Å². The average Bonchev–Trinajstić information content (AvgIpc) is 2.41. The van der Waals surface area contributed by atoms with Gasteiger partial charge in [0.2, 0.25) is 11.8 Å². The second kappa shape index (κ2) is 5.72. The molecule has 1 aromatic rings. The summed E-state index contributed by atoms with van der Waals surface area (Å²) in [5.74, 6) is -0.313. The zero-order valence-electron chi connectivity index (χ0n) is 12.9. The van der Waals surface area contributed by atoms with Crippen molar-refractivity contribution in [3.05, 3.63) is 29.8 Å². The van der Waals surface area contributed by atoms with Crippen LogP contribution >= 0.6 is 0 Å². The maximum Gasteiger partial charge on any atom is 0.245 e. The van der Waals surface area contributed by atoms with E-state index in [1.807, 2.05) is 0 Å². The number of benzene rings is 1. The molecule has 0 bridgehead atoms. The van der Waals surface area contributed by atoms with Gasteiger partial charge in [0.25, 0.3) is 0 Å². The zero-order valence-corrected chi connectivity index (χ0v) is 13.7. The monoisotopic (exact) mass is 324 g/mol. The maximum atomic E-state index is 12.4. The minimum Gasteiger partial charge on any atom is -0.352 e. The molecule has 1 fully saturated rings. The number of nitrogens with zero attached hydrogens (tertiary/aromatic N) is 1. The molecule has 7 heteroatoms. The first-order valence-electron chi connectivity index (χ1n) is 7.00. The molecule has 22 heavy (non-hydrogen) atoms. The van der Waals surface area contributed by atoms with Crippen molar-refractivity contribution < 1.29 is 18.0 Å². The standard InChI is InChI=1S/C15H20N2O4S/c1-15(2)14(19)16-8-9-17(15)13(18)10-11-4-6-12(7-5-11)22(3,20)21/h4-7H,8-10H2,1-3H3,(H,16,19). The Labute approximate surface area is 130 Å². The van der Waals surface area contributed by atoms with Crippen molar-refractivity contribution >= 4 is 21.7 Å². The van der Waals surface area contributed by atoms with Gasteiger partial charge in [0.1, 0.15) is 5.54 Å². The first-order valence-corrected chi connectivity index (χ1v) is 8.89. The number of hydrogen-bond acceptors (Lipinski definition) is 4. The molecule has 6 nitrogen and oxygen atoms in total. The fraction of sp³-hybridized carbons (Fsp3) is 0.467. The summed E-state index contributed by atoms with van der Waals surface area (Å²) in [5, 5.41) is 2.75. The Kier molecular flexibility index (Phi) is 4.28. The van der Waals surface area contributed by atoms with Crippen molar-refractivity contribution in [2.24, 2.45) is 0 Å². The van der Waals surface area contributed by atoms with E-state index in [-0.39, 0.29) is 23.1 Å². The molecule has 1 N–H and O–H groups in total. The number of carbonyl (C=O) groups is 2. The third-order valence-electron chi connectivity index (χ3n) is 3.86. The van der Waals surface area contributed by atoms with Crippen LogP contribution in [-0.2, 0) is 25.8 Å². The van der Waals surface area contributed by atoms with Crippen LogP contribution in [0, 0.1) is 0 Å². The van der Waals surface area contributed by atoms with Crippen LogP contribution < -0.4 is 5.32 Å². The van der Waals surface area contributed by atoms with Crippen molar-refractivity contribution in [3.8, 4) is 0 Å². The summed E-state index contributed by atoms with van der Waals surface area (Å²) >= 11 is 0. The number of amides is 2. The molecule has 0 spiro atoms. The van der Waals surface area contributed by atoms with Gasteiger partial charge in [-0.25, -0.2) is 8.42 Å². The van der Waals surface area contributed by atoms with Crippen molar-refractivity contribution in [1.29, 1.82) is 0 Å². The van der Waals surface area contributed by atoms with Gasteiger partial charge in [-0.3, -0.25) is 9.59 Å². The van der Waals surface area contributed by atoms with Gasteiger partial charge in [0.15, 0.2) is 9.84 Å². The highest BCUT2D eigenvalue weighted by molar-refractivity contribution is 7.90. The molecule has 0 radical (unpaired) electrons. The van der Waals surface area contributed by atoms with Gasteiger partial charge in [0, 0.05) is 19.3 Å². The zero-order chi connectivity index (χ0) is 16.5. The molecule has 2 amide bonds. The fourth-order valence-corrected chi connectivity index (χ4v) is 3.09. The van der Waals surface area contributed by atoms with Gasteiger partial charge in [-0.2, -0.15) is 0 Å². The number of sulfone groups is 1. The summed E-state index contributed by atoms with van der Waals surface area (Å²) in [4.78, 5) is 26.1. The van der Waals surface area contributed by atoms with Crippen molar-refractivity contribution in [2.45, 2.75) is 30.7 Å². The molecule has 1 saturated heterocycles. The van der Waals surface area contributed by atoms with Gasteiger partial charge in [0.05, 0.1) is 11.3 Å². The summed E-state index contributed by atoms with van der Waals surface area (Å²) in [5.41, 5.74) is -0.152. The van der Waals surface area contributed by atoms with E-state index in [2.05, 4.69) is 5.32 Å². The third kappa shape index (κ3) is 3.30. The van der Waals surface area contributed by atoms with Crippen LogP contribution in [0.3, 0.4) is 0 Å². The van der Waals surface area contributed by atoms with E-state index >= 15 is 0 Å². The van der Waals surface area contributed by atoms with E-state index in [1.54, 1.807) is 30.9 Å². The Morgan fingerprint density at radius 3 is 2.41 bits per heavy atom. The SMILES string of the molecule is CC1(C)C(=O)NCCN1C(=O)Cc1ccc(S(C)(=O)=O)cc1. The van der Waals surface area contributed by atoms with Crippen LogP contribution in [0.4, 0.5) is 0 Å². The average molecular weight is 324 g/mol. The summed E-state index contributed by atoms with van der Waals surface area (Å²) in [7, 11) is -3.24. The van der Waals surface area contributed by atoms with Crippen molar-refractivity contribution in [1.82, 2.24) is 10.2 Å². The number of rotatable bonds is 3. The fourth-order valence-electron chi connectivity index (χ4n) is 2.46. The Morgan fingerprint density at radius 1 is 1.27 bits per heavy atom. The van der Waals surface area contributed by atoms with Gasteiger partial charge in [-0.05, 0) is 31.5 Å². The molecule has 1 aliphatic heterocycles. The maximum absolute atomic E-state index is 12.4. The molecule has 0 aromatic heterocycles. The predicted molar refractivity (Wildman–Crippen MR) is 82.1 cm³/mol. The van der Waals surface area contributed by atoms with Crippen LogP contribution in [0.15, 0.2) is 29.2 Å². The lowest BCUT2D eigenvalue weighted by atomic mass is 9.97. The minimum atomic E-state index is -3.24. The molecule has 0 aliphatic carbocycles. The number of piperazine rings is 1. The number of carbonyl (C=O) groups excluding carboxylic acids is 2. The molecule has 0 unspecified atom stereocenters. The summed E-state index contributed by atoms with van der Waals surface area (Å²) in [6.07, 6.45) is 1.28. The Hall–Kier alpha value is -1.89. The predicted octanol–water partition coefficient (Wildman–Crippen LogP) is 0.370. The topological polar surface area (TPSA) is 83.6 Å². The molecule has 0 saturated carbocycles. The summed E-state index contributed by atoms with van der Waals surface area (Å²) in [6, 6.07) is 6.24. The van der Waals surface area contributed by atoms with E-state index in [0.29, 0.717) is 13.1 Å². The molecule has 1 aliphatic rings. The highest BCUT2D eigenvalue weighted by Gasteiger charge is 2.40. The molecule has 1 heterocycles. The Morgan fingerprint density at radius 2 is 1.86 bits per heavy atom. The largest absolute Gasteiger partial charge is 0.352 e. The molecule has 2 rings (SSSR count). The molecule has 1 aromatic carbocycles. The Balaban J connectivity index is 2.13. The molecule has 120 valence electrons. The third-order valence-corrected chi connectivity index (χ3v) is 4.99. The lowest BCUT2D eigenvalue weighted by Gasteiger charge is -2.41. The van der Waals surface area contributed by atoms with Gasteiger partial charge in [-0.15, -0.1) is 0 Å². The molecular weight excluding hydrogens is 304 g/mol. The quantitative estimate of drug-likeness (QED) is 0.871. The summed E-state index contributed by atoms with van der Waals surface area (Å²) < 4.78 is 22.8.